The van der Waals surface area contributed by atoms with Gasteiger partial charge in [0.15, 0.2) is 5.78 Å². The quantitative estimate of drug-likeness (QED) is 0.294. The number of esters is 1. The number of ketones is 1. The Morgan fingerprint density at radius 1 is 1.17 bits per heavy atom. The Labute approximate surface area is 143 Å². The zero-order chi connectivity index (χ0) is 17.5. The molecule has 0 amide bonds. The first-order valence-electron chi connectivity index (χ1n) is 8.75. The van der Waals surface area contributed by atoms with Gasteiger partial charge in [0, 0.05) is 17.9 Å². The topological polar surface area (TPSA) is 55.9 Å². The van der Waals surface area contributed by atoms with Gasteiger partial charge in [0.2, 0.25) is 0 Å². The Bertz CT molecular complexity index is 642. The van der Waals surface area contributed by atoms with E-state index in [9.17, 15) is 9.59 Å². The summed E-state index contributed by atoms with van der Waals surface area (Å²) < 4.78 is 11.2. The van der Waals surface area contributed by atoms with Crippen molar-refractivity contribution in [2.45, 2.75) is 70.7 Å². The van der Waals surface area contributed by atoms with Crippen LogP contribution in [-0.2, 0) is 19.1 Å². The zero-order valence-corrected chi connectivity index (χ0v) is 14.8. The van der Waals surface area contributed by atoms with E-state index in [1.54, 1.807) is 0 Å². The van der Waals surface area contributed by atoms with Crippen molar-refractivity contribution in [1.82, 2.24) is 0 Å². The minimum absolute atomic E-state index is 0.104. The van der Waals surface area contributed by atoms with E-state index in [4.69, 9.17) is 9.47 Å². The Kier molecular flexibility index (Phi) is 4.52. The summed E-state index contributed by atoms with van der Waals surface area (Å²) in [5.41, 5.74) is 2.24. The van der Waals surface area contributed by atoms with Gasteiger partial charge in [0.1, 0.15) is 11.7 Å². The molecule has 2 fully saturated rings. The van der Waals surface area contributed by atoms with Crippen LogP contribution in [0.1, 0.15) is 52.9 Å². The molecule has 3 rings (SSSR count). The lowest BCUT2D eigenvalue weighted by molar-refractivity contribution is -0.137. The van der Waals surface area contributed by atoms with E-state index in [2.05, 4.69) is 26.5 Å². The monoisotopic (exact) mass is 330 g/mol. The third-order valence-corrected chi connectivity index (χ3v) is 5.54. The summed E-state index contributed by atoms with van der Waals surface area (Å²) in [5, 5.41) is 0. The maximum absolute atomic E-state index is 12.5. The molecule has 0 bridgehead atoms. The number of hydrogen-bond donors (Lipinski definition) is 0. The Morgan fingerprint density at radius 2 is 1.92 bits per heavy atom. The summed E-state index contributed by atoms with van der Waals surface area (Å²) >= 11 is 0. The summed E-state index contributed by atoms with van der Waals surface area (Å²) in [4.78, 5) is 24.4. The lowest BCUT2D eigenvalue weighted by Crippen LogP contribution is -2.26. The number of ether oxygens (including phenoxy) is 2. The van der Waals surface area contributed by atoms with Crippen LogP contribution < -0.4 is 0 Å². The minimum Gasteiger partial charge on any atom is -0.454 e. The fourth-order valence-electron chi connectivity index (χ4n) is 3.64. The second kappa shape index (κ2) is 6.32. The van der Waals surface area contributed by atoms with Gasteiger partial charge in [-0.3, -0.25) is 4.79 Å². The number of Topliss-reactive ketones (excluding diaryl/α,β-unsaturated/α-hetero) is 1. The number of epoxide rings is 1. The van der Waals surface area contributed by atoms with E-state index >= 15 is 0 Å². The van der Waals surface area contributed by atoms with E-state index in [0.29, 0.717) is 18.4 Å². The third-order valence-electron chi connectivity index (χ3n) is 5.54. The van der Waals surface area contributed by atoms with Gasteiger partial charge in [-0.1, -0.05) is 23.8 Å². The van der Waals surface area contributed by atoms with Crippen LogP contribution in [0.15, 0.2) is 35.5 Å². The molecule has 0 aromatic rings. The smallest absolute Gasteiger partial charge is 0.334 e. The van der Waals surface area contributed by atoms with Crippen LogP contribution in [0.25, 0.3) is 0 Å². The average Bonchev–Trinajstić information content (AvgIpc) is 3.12. The summed E-state index contributed by atoms with van der Waals surface area (Å²) in [6.45, 7) is 9.91. The highest BCUT2D eigenvalue weighted by Gasteiger charge is 2.59. The molecule has 0 radical (unpaired) electrons. The van der Waals surface area contributed by atoms with Crippen LogP contribution in [0.4, 0.5) is 0 Å². The Hall–Kier alpha value is -1.68. The van der Waals surface area contributed by atoms with E-state index in [0.717, 1.165) is 19.3 Å². The lowest BCUT2D eigenvalue weighted by Gasteiger charge is -2.16. The van der Waals surface area contributed by atoms with Crippen LogP contribution in [0, 0.1) is 5.92 Å². The van der Waals surface area contributed by atoms with Crippen molar-refractivity contribution >= 4 is 11.8 Å². The van der Waals surface area contributed by atoms with Crippen LogP contribution in [0.3, 0.4) is 0 Å². The van der Waals surface area contributed by atoms with Crippen LogP contribution in [0.2, 0.25) is 0 Å². The molecule has 24 heavy (non-hydrogen) atoms. The largest absolute Gasteiger partial charge is 0.454 e. The van der Waals surface area contributed by atoms with Crippen molar-refractivity contribution in [2.75, 3.05) is 0 Å². The molecule has 4 nitrogen and oxygen atoms in total. The van der Waals surface area contributed by atoms with E-state index in [1.165, 1.54) is 11.1 Å². The summed E-state index contributed by atoms with van der Waals surface area (Å²) in [7, 11) is 0. The summed E-state index contributed by atoms with van der Waals surface area (Å²) in [5.74, 6) is -0.286. The number of fused-ring (bicyclic) bond motifs is 2. The molecule has 4 atom stereocenters. The molecule has 2 heterocycles. The van der Waals surface area contributed by atoms with Crippen molar-refractivity contribution in [2.24, 2.45) is 5.92 Å². The van der Waals surface area contributed by atoms with Crippen molar-refractivity contribution in [3.63, 3.8) is 0 Å². The fourth-order valence-corrected chi connectivity index (χ4v) is 3.64. The predicted octanol–water partition coefficient (Wildman–Crippen LogP) is 3.67. The molecule has 0 aromatic carbocycles. The Balaban J connectivity index is 1.85. The van der Waals surface area contributed by atoms with Gasteiger partial charge >= 0.3 is 5.97 Å². The standard InChI is InChI=1S/C20H26O4/c1-12-6-5-7-13(2)10-16-15(14(3)19(22)23-16)11-18-20(4,24-18)17(21)9-8-12/h6,10,15-16,18H,3,5,7-9,11H2,1-2,4H3/b12-6+,13-10?/t15-,16-,18+,20-/m0/s1. The molecule has 0 N–H and O–H groups in total. The lowest BCUT2D eigenvalue weighted by atomic mass is 9.86. The second-order valence-electron chi connectivity index (χ2n) is 7.48. The van der Waals surface area contributed by atoms with E-state index < -0.39 is 5.60 Å². The number of carbonyl (C=O) groups excluding carboxylic acids is 2. The number of allylic oxidation sites excluding steroid dienone is 3. The number of hydrogen-bond acceptors (Lipinski definition) is 4. The van der Waals surface area contributed by atoms with Gasteiger partial charge < -0.3 is 9.47 Å². The second-order valence-corrected chi connectivity index (χ2v) is 7.48. The van der Waals surface area contributed by atoms with Crippen molar-refractivity contribution < 1.29 is 19.1 Å². The normalized spacial score (nSPS) is 39.8. The molecule has 2 saturated heterocycles. The molecule has 3 aliphatic rings. The maximum Gasteiger partial charge on any atom is 0.334 e. The van der Waals surface area contributed by atoms with Gasteiger partial charge in [-0.2, -0.15) is 0 Å². The Morgan fingerprint density at radius 3 is 2.67 bits per heavy atom. The van der Waals surface area contributed by atoms with Crippen molar-refractivity contribution in [3.05, 3.63) is 35.5 Å². The molecule has 1 aliphatic carbocycles. The van der Waals surface area contributed by atoms with Crippen LogP contribution in [-0.4, -0.2) is 29.6 Å². The zero-order valence-electron chi connectivity index (χ0n) is 14.8. The average molecular weight is 330 g/mol. The fraction of sp³-hybridized carbons (Fsp3) is 0.600. The minimum atomic E-state index is -0.709. The molecular formula is C20H26O4. The third kappa shape index (κ3) is 3.25. The van der Waals surface area contributed by atoms with Gasteiger partial charge in [-0.25, -0.2) is 4.79 Å². The van der Waals surface area contributed by atoms with E-state index in [1.807, 2.05) is 13.0 Å². The first-order valence-corrected chi connectivity index (χ1v) is 8.75. The molecule has 0 aromatic heterocycles. The molecular weight excluding hydrogens is 304 g/mol. The maximum atomic E-state index is 12.5. The summed E-state index contributed by atoms with van der Waals surface area (Å²) in [6, 6.07) is 0. The van der Waals surface area contributed by atoms with E-state index in [-0.39, 0.29) is 29.9 Å². The molecule has 130 valence electrons. The highest BCUT2D eigenvalue weighted by Crippen LogP contribution is 2.45. The van der Waals surface area contributed by atoms with Gasteiger partial charge in [0.05, 0.1) is 6.10 Å². The van der Waals surface area contributed by atoms with Crippen LogP contribution in [0.5, 0.6) is 0 Å². The van der Waals surface area contributed by atoms with Crippen LogP contribution >= 0.6 is 0 Å². The molecule has 0 unspecified atom stereocenters. The molecule has 2 aliphatic heterocycles. The van der Waals surface area contributed by atoms with Crippen molar-refractivity contribution in [3.8, 4) is 0 Å². The number of carbonyl (C=O) groups is 2. The van der Waals surface area contributed by atoms with Gasteiger partial charge in [-0.15, -0.1) is 0 Å². The summed E-state index contributed by atoms with van der Waals surface area (Å²) in [6.07, 6.45) is 7.56. The predicted molar refractivity (Wildman–Crippen MR) is 91.4 cm³/mol. The van der Waals surface area contributed by atoms with Crippen molar-refractivity contribution in [1.29, 1.82) is 0 Å². The first kappa shape index (κ1) is 17.2. The first-order chi connectivity index (χ1) is 11.3. The SMILES string of the molecule is C=C1C(=O)O[C@H]2C=C(C)CC/C=C(\C)CCC(=O)[C@]3(C)O[C@@H]3C[C@@H]12. The molecule has 4 heteroatoms. The number of rotatable bonds is 0. The van der Waals surface area contributed by atoms with Gasteiger partial charge in [-0.05, 0) is 52.5 Å². The highest BCUT2D eigenvalue weighted by molar-refractivity contribution is 5.92. The molecule has 0 saturated carbocycles. The highest BCUT2D eigenvalue weighted by atomic mass is 16.6. The van der Waals surface area contributed by atoms with Gasteiger partial charge in [0.25, 0.3) is 0 Å². The molecule has 0 spiro atoms.